The summed E-state index contributed by atoms with van der Waals surface area (Å²) in [4.78, 5) is 11.7. The standard InChI is InChI=1S/C15H14FNO/c16-14-8-4-7-13(9-14)10-15(18)17-11-12-5-2-1-3-6-12/h1-9H,10-11H2,(H,17,18). The van der Waals surface area contributed by atoms with Crippen molar-refractivity contribution in [3.05, 3.63) is 71.5 Å². The van der Waals surface area contributed by atoms with Crippen molar-refractivity contribution in [2.75, 3.05) is 0 Å². The number of hydrogen-bond donors (Lipinski definition) is 1. The predicted octanol–water partition coefficient (Wildman–Crippen LogP) is 2.68. The van der Waals surface area contributed by atoms with Gasteiger partial charge in [0.2, 0.25) is 5.91 Å². The minimum atomic E-state index is -0.316. The molecule has 0 bridgehead atoms. The number of carbonyl (C=O) groups excluding carboxylic acids is 1. The third-order valence-corrected chi connectivity index (χ3v) is 2.59. The third-order valence-electron chi connectivity index (χ3n) is 2.59. The van der Waals surface area contributed by atoms with Crippen molar-refractivity contribution in [3.8, 4) is 0 Å². The maximum atomic E-state index is 12.9. The van der Waals surface area contributed by atoms with Crippen LogP contribution in [0, 0.1) is 5.82 Å². The van der Waals surface area contributed by atoms with Crippen LogP contribution in [-0.4, -0.2) is 5.91 Å². The normalized spacial score (nSPS) is 10.1. The van der Waals surface area contributed by atoms with Gasteiger partial charge in [-0.2, -0.15) is 0 Å². The van der Waals surface area contributed by atoms with E-state index in [4.69, 9.17) is 0 Å². The first kappa shape index (κ1) is 12.3. The Kier molecular flexibility index (Phi) is 4.07. The number of carbonyl (C=O) groups is 1. The molecule has 92 valence electrons. The number of nitrogens with one attached hydrogen (secondary N) is 1. The molecule has 2 aromatic rings. The van der Waals surface area contributed by atoms with E-state index >= 15 is 0 Å². The maximum Gasteiger partial charge on any atom is 0.224 e. The molecule has 0 aromatic heterocycles. The lowest BCUT2D eigenvalue weighted by Gasteiger charge is -2.05. The molecule has 0 saturated carbocycles. The van der Waals surface area contributed by atoms with E-state index in [2.05, 4.69) is 5.32 Å². The van der Waals surface area contributed by atoms with Gasteiger partial charge in [-0.3, -0.25) is 4.79 Å². The summed E-state index contributed by atoms with van der Waals surface area (Å²) in [5.74, 6) is -0.423. The van der Waals surface area contributed by atoms with Crippen molar-refractivity contribution in [1.82, 2.24) is 5.32 Å². The van der Waals surface area contributed by atoms with Gasteiger partial charge in [-0.25, -0.2) is 4.39 Å². The summed E-state index contributed by atoms with van der Waals surface area (Å²) in [5.41, 5.74) is 1.73. The summed E-state index contributed by atoms with van der Waals surface area (Å²) in [5, 5.41) is 2.81. The molecule has 2 nitrogen and oxygen atoms in total. The van der Waals surface area contributed by atoms with Crippen molar-refractivity contribution in [3.63, 3.8) is 0 Å². The van der Waals surface area contributed by atoms with Gasteiger partial charge in [0.15, 0.2) is 0 Å². The van der Waals surface area contributed by atoms with Crippen LogP contribution in [0.2, 0.25) is 0 Å². The number of benzene rings is 2. The van der Waals surface area contributed by atoms with Crippen molar-refractivity contribution < 1.29 is 9.18 Å². The van der Waals surface area contributed by atoms with Gasteiger partial charge in [0, 0.05) is 6.54 Å². The van der Waals surface area contributed by atoms with E-state index in [0.29, 0.717) is 12.1 Å². The minimum absolute atomic E-state index is 0.107. The molecule has 3 heteroatoms. The monoisotopic (exact) mass is 243 g/mol. The second-order valence-electron chi connectivity index (χ2n) is 4.07. The summed E-state index contributed by atoms with van der Waals surface area (Å²) in [6.07, 6.45) is 0.199. The molecule has 0 radical (unpaired) electrons. The minimum Gasteiger partial charge on any atom is -0.352 e. The molecule has 0 saturated heterocycles. The van der Waals surface area contributed by atoms with Gasteiger partial charge < -0.3 is 5.32 Å². The summed E-state index contributed by atoms with van der Waals surface area (Å²) < 4.78 is 12.9. The maximum absolute atomic E-state index is 12.9. The molecule has 0 spiro atoms. The Bertz CT molecular complexity index is 525. The molecular weight excluding hydrogens is 229 g/mol. The average molecular weight is 243 g/mol. The van der Waals surface area contributed by atoms with E-state index < -0.39 is 0 Å². The molecular formula is C15H14FNO. The third kappa shape index (κ3) is 3.70. The van der Waals surface area contributed by atoms with Gasteiger partial charge in [0.05, 0.1) is 6.42 Å². The Balaban J connectivity index is 1.86. The molecule has 2 rings (SSSR count). The van der Waals surface area contributed by atoms with Crippen LogP contribution in [0.3, 0.4) is 0 Å². The molecule has 0 aliphatic carbocycles. The van der Waals surface area contributed by atoms with Crippen LogP contribution in [0.5, 0.6) is 0 Å². The van der Waals surface area contributed by atoms with Crippen molar-refractivity contribution >= 4 is 5.91 Å². The van der Waals surface area contributed by atoms with Gasteiger partial charge in [-0.15, -0.1) is 0 Å². The summed E-state index contributed by atoms with van der Waals surface area (Å²) in [7, 11) is 0. The SMILES string of the molecule is O=C(Cc1cccc(F)c1)NCc1ccccc1. The van der Waals surface area contributed by atoms with Gasteiger partial charge in [-0.05, 0) is 23.3 Å². The molecule has 1 amide bonds. The van der Waals surface area contributed by atoms with Crippen LogP contribution < -0.4 is 5.32 Å². The first-order valence-corrected chi connectivity index (χ1v) is 5.79. The molecule has 2 aromatic carbocycles. The highest BCUT2D eigenvalue weighted by atomic mass is 19.1. The Hall–Kier alpha value is -2.16. The Labute approximate surface area is 105 Å². The molecule has 1 N–H and O–H groups in total. The number of amides is 1. The second-order valence-corrected chi connectivity index (χ2v) is 4.07. The van der Waals surface area contributed by atoms with Gasteiger partial charge in [0.1, 0.15) is 5.82 Å². The van der Waals surface area contributed by atoms with Crippen LogP contribution in [0.15, 0.2) is 54.6 Å². The lowest BCUT2D eigenvalue weighted by Crippen LogP contribution is -2.24. The van der Waals surface area contributed by atoms with Gasteiger partial charge in [0.25, 0.3) is 0 Å². The van der Waals surface area contributed by atoms with Gasteiger partial charge >= 0.3 is 0 Å². The van der Waals surface area contributed by atoms with Crippen LogP contribution in [0.4, 0.5) is 4.39 Å². The Morgan fingerprint density at radius 2 is 1.72 bits per heavy atom. The zero-order valence-electron chi connectivity index (χ0n) is 9.90. The van der Waals surface area contributed by atoms with Crippen LogP contribution in [0.1, 0.15) is 11.1 Å². The van der Waals surface area contributed by atoms with E-state index in [1.165, 1.54) is 12.1 Å². The molecule has 18 heavy (non-hydrogen) atoms. The highest BCUT2D eigenvalue weighted by molar-refractivity contribution is 5.78. The summed E-state index contributed by atoms with van der Waals surface area (Å²) in [6.45, 7) is 0.495. The van der Waals surface area contributed by atoms with Crippen molar-refractivity contribution in [1.29, 1.82) is 0 Å². The quantitative estimate of drug-likeness (QED) is 0.878. The number of hydrogen-bond acceptors (Lipinski definition) is 1. The Morgan fingerprint density at radius 3 is 2.44 bits per heavy atom. The molecule has 0 heterocycles. The van der Waals surface area contributed by atoms with E-state index in [1.807, 2.05) is 30.3 Å². The number of rotatable bonds is 4. The molecule has 0 aliphatic heterocycles. The molecule has 0 atom stereocenters. The van der Waals surface area contributed by atoms with Crippen molar-refractivity contribution in [2.24, 2.45) is 0 Å². The van der Waals surface area contributed by atoms with E-state index in [1.54, 1.807) is 12.1 Å². The second kappa shape index (κ2) is 5.96. The van der Waals surface area contributed by atoms with E-state index in [9.17, 15) is 9.18 Å². The first-order chi connectivity index (χ1) is 8.74. The van der Waals surface area contributed by atoms with Crippen LogP contribution in [0.25, 0.3) is 0 Å². The Morgan fingerprint density at radius 1 is 1.00 bits per heavy atom. The fraction of sp³-hybridized carbons (Fsp3) is 0.133. The van der Waals surface area contributed by atoms with E-state index in [0.717, 1.165) is 5.56 Å². The molecule has 0 fully saturated rings. The average Bonchev–Trinajstić information content (AvgIpc) is 2.38. The summed E-state index contributed by atoms with van der Waals surface area (Å²) in [6, 6.07) is 15.8. The molecule has 0 aliphatic rings. The van der Waals surface area contributed by atoms with Gasteiger partial charge in [-0.1, -0.05) is 42.5 Å². The fourth-order valence-electron chi connectivity index (χ4n) is 1.69. The number of halogens is 1. The topological polar surface area (TPSA) is 29.1 Å². The van der Waals surface area contributed by atoms with Crippen molar-refractivity contribution in [2.45, 2.75) is 13.0 Å². The zero-order valence-corrected chi connectivity index (χ0v) is 9.90. The smallest absolute Gasteiger partial charge is 0.224 e. The fourth-order valence-corrected chi connectivity index (χ4v) is 1.69. The largest absolute Gasteiger partial charge is 0.352 e. The lowest BCUT2D eigenvalue weighted by atomic mass is 10.1. The zero-order chi connectivity index (χ0) is 12.8. The lowest BCUT2D eigenvalue weighted by molar-refractivity contribution is -0.120. The highest BCUT2D eigenvalue weighted by Gasteiger charge is 2.03. The highest BCUT2D eigenvalue weighted by Crippen LogP contribution is 2.04. The predicted molar refractivity (Wildman–Crippen MR) is 68.4 cm³/mol. The summed E-state index contributed by atoms with van der Waals surface area (Å²) >= 11 is 0. The van der Waals surface area contributed by atoms with Crippen LogP contribution in [-0.2, 0) is 17.8 Å². The molecule has 0 unspecified atom stereocenters. The van der Waals surface area contributed by atoms with Crippen LogP contribution >= 0.6 is 0 Å². The van der Waals surface area contributed by atoms with E-state index in [-0.39, 0.29) is 18.1 Å². The first-order valence-electron chi connectivity index (χ1n) is 5.79.